The molecule has 2 unspecified atom stereocenters. The smallest absolute Gasteiger partial charge is 0.313 e. The standard InChI is InChI=1S/C9H16F3NS/c1-7-2-3-8(6-7)13-4-5-14-9(10,11)12/h7-8,13H,2-6H2,1H3. The zero-order chi connectivity index (χ0) is 10.6. The van der Waals surface area contributed by atoms with Crippen molar-refractivity contribution in [2.75, 3.05) is 12.3 Å². The van der Waals surface area contributed by atoms with E-state index in [0.29, 0.717) is 12.6 Å². The SMILES string of the molecule is CC1CCC(NCCSC(F)(F)F)C1. The lowest BCUT2D eigenvalue weighted by atomic mass is 10.1. The van der Waals surface area contributed by atoms with Gasteiger partial charge in [0.15, 0.2) is 0 Å². The van der Waals surface area contributed by atoms with Crippen molar-refractivity contribution < 1.29 is 13.2 Å². The summed E-state index contributed by atoms with van der Waals surface area (Å²) in [4.78, 5) is 0. The Morgan fingerprint density at radius 2 is 2.07 bits per heavy atom. The topological polar surface area (TPSA) is 12.0 Å². The van der Waals surface area contributed by atoms with Crippen LogP contribution in [0.3, 0.4) is 0 Å². The number of hydrogen-bond acceptors (Lipinski definition) is 2. The van der Waals surface area contributed by atoms with E-state index in [-0.39, 0.29) is 17.5 Å². The summed E-state index contributed by atoms with van der Waals surface area (Å²) >= 11 is 0.0552. The molecule has 14 heavy (non-hydrogen) atoms. The van der Waals surface area contributed by atoms with Gasteiger partial charge in [-0.2, -0.15) is 13.2 Å². The Labute approximate surface area is 86.8 Å². The second-order valence-electron chi connectivity index (χ2n) is 3.86. The molecule has 0 bridgehead atoms. The molecule has 0 spiro atoms. The molecule has 0 amide bonds. The zero-order valence-corrected chi connectivity index (χ0v) is 9.05. The third-order valence-corrected chi connectivity index (χ3v) is 3.23. The van der Waals surface area contributed by atoms with Crippen LogP contribution in [-0.4, -0.2) is 23.8 Å². The molecule has 1 aliphatic rings. The summed E-state index contributed by atoms with van der Waals surface area (Å²) in [5.74, 6) is 0.844. The first kappa shape index (κ1) is 12.2. The highest BCUT2D eigenvalue weighted by atomic mass is 32.2. The molecule has 2 atom stereocenters. The maximum atomic E-state index is 11.8. The minimum Gasteiger partial charge on any atom is -0.313 e. The Hall–Kier alpha value is 0.100. The van der Waals surface area contributed by atoms with Gasteiger partial charge in [0, 0.05) is 18.3 Å². The first-order chi connectivity index (χ1) is 6.47. The maximum absolute atomic E-state index is 11.8. The van der Waals surface area contributed by atoms with Crippen molar-refractivity contribution >= 4 is 11.8 Å². The van der Waals surface area contributed by atoms with Crippen molar-refractivity contribution in [2.24, 2.45) is 5.92 Å². The van der Waals surface area contributed by atoms with Crippen LogP contribution < -0.4 is 5.32 Å². The van der Waals surface area contributed by atoms with Crippen LogP contribution in [-0.2, 0) is 0 Å². The lowest BCUT2D eigenvalue weighted by Gasteiger charge is -2.12. The summed E-state index contributed by atoms with van der Waals surface area (Å²) in [6, 6.07) is 0.443. The van der Waals surface area contributed by atoms with Crippen LogP contribution in [0, 0.1) is 5.92 Å². The van der Waals surface area contributed by atoms with Gasteiger partial charge in [-0.25, -0.2) is 0 Å². The fourth-order valence-electron chi connectivity index (χ4n) is 1.82. The number of nitrogens with one attached hydrogen (secondary N) is 1. The molecule has 0 radical (unpaired) electrons. The first-order valence-corrected chi connectivity index (χ1v) is 5.90. The molecule has 1 fully saturated rings. The summed E-state index contributed by atoms with van der Waals surface area (Å²) in [6.07, 6.45) is 3.42. The fraction of sp³-hybridized carbons (Fsp3) is 1.00. The molecule has 1 saturated carbocycles. The minimum atomic E-state index is -4.08. The van der Waals surface area contributed by atoms with Crippen molar-refractivity contribution in [1.29, 1.82) is 0 Å². The van der Waals surface area contributed by atoms with Gasteiger partial charge < -0.3 is 5.32 Å². The van der Waals surface area contributed by atoms with E-state index < -0.39 is 5.51 Å². The van der Waals surface area contributed by atoms with Crippen LogP contribution in [0.1, 0.15) is 26.2 Å². The Bertz CT molecular complexity index is 172. The Kier molecular flexibility index (Phi) is 4.57. The Morgan fingerprint density at radius 1 is 1.36 bits per heavy atom. The highest BCUT2D eigenvalue weighted by Gasteiger charge is 2.27. The van der Waals surface area contributed by atoms with Crippen molar-refractivity contribution in [3.8, 4) is 0 Å². The largest absolute Gasteiger partial charge is 0.441 e. The van der Waals surface area contributed by atoms with Crippen molar-refractivity contribution in [3.63, 3.8) is 0 Å². The highest BCUT2D eigenvalue weighted by Crippen LogP contribution is 2.29. The average Bonchev–Trinajstić information content (AvgIpc) is 2.44. The maximum Gasteiger partial charge on any atom is 0.441 e. The molecule has 1 rings (SSSR count). The average molecular weight is 227 g/mol. The minimum absolute atomic E-state index is 0.0552. The third kappa shape index (κ3) is 5.10. The molecule has 1 nitrogen and oxygen atoms in total. The first-order valence-electron chi connectivity index (χ1n) is 4.91. The van der Waals surface area contributed by atoms with Crippen LogP contribution in [0.15, 0.2) is 0 Å². The lowest BCUT2D eigenvalue weighted by Crippen LogP contribution is -2.29. The van der Waals surface area contributed by atoms with Crippen LogP contribution in [0.5, 0.6) is 0 Å². The second kappa shape index (κ2) is 5.26. The zero-order valence-electron chi connectivity index (χ0n) is 8.23. The van der Waals surface area contributed by atoms with E-state index in [1.165, 1.54) is 6.42 Å². The van der Waals surface area contributed by atoms with Crippen LogP contribution in [0.25, 0.3) is 0 Å². The van der Waals surface area contributed by atoms with E-state index in [1.54, 1.807) is 0 Å². The molecule has 0 heterocycles. The third-order valence-electron chi connectivity index (χ3n) is 2.50. The van der Waals surface area contributed by atoms with E-state index in [9.17, 15) is 13.2 Å². The monoisotopic (exact) mass is 227 g/mol. The van der Waals surface area contributed by atoms with Crippen molar-refractivity contribution in [1.82, 2.24) is 5.32 Å². The second-order valence-corrected chi connectivity index (χ2v) is 5.02. The van der Waals surface area contributed by atoms with E-state index >= 15 is 0 Å². The number of halogens is 3. The van der Waals surface area contributed by atoms with Crippen LogP contribution in [0.2, 0.25) is 0 Å². The molecule has 1 N–H and O–H groups in total. The molecule has 0 aromatic heterocycles. The van der Waals surface area contributed by atoms with Gasteiger partial charge in [-0.3, -0.25) is 0 Å². The summed E-state index contributed by atoms with van der Waals surface area (Å²) in [7, 11) is 0. The van der Waals surface area contributed by atoms with E-state index in [4.69, 9.17) is 0 Å². The van der Waals surface area contributed by atoms with E-state index in [0.717, 1.165) is 18.8 Å². The lowest BCUT2D eigenvalue weighted by molar-refractivity contribution is -0.0327. The molecule has 1 aliphatic carbocycles. The normalized spacial score (nSPS) is 28.3. The summed E-state index contributed by atoms with van der Waals surface area (Å²) in [5.41, 5.74) is -4.08. The van der Waals surface area contributed by atoms with Gasteiger partial charge in [0.05, 0.1) is 0 Å². The molecule has 0 saturated heterocycles. The van der Waals surface area contributed by atoms with E-state index in [2.05, 4.69) is 12.2 Å². The Morgan fingerprint density at radius 3 is 2.57 bits per heavy atom. The summed E-state index contributed by atoms with van der Waals surface area (Å²) in [5, 5.41) is 3.16. The predicted octanol–water partition coefficient (Wildman–Crippen LogP) is 3.02. The predicted molar refractivity (Wildman–Crippen MR) is 53.3 cm³/mol. The van der Waals surface area contributed by atoms with Gasteiger partial charge >= 0.3 is 5.51 Å². The van der Waals surface area contributed by atoms with Gasteiger partial charge in [0.25, 0.3) is 0 Å². The number of alkyl halides is 3. The van der Waals surface area contributed by atoms with Gasteiger partial charge in [0.1, 0.15) is 0 Å². The van der Waals surface area contributed by atoms with E-state index in [1.807, 2.05) is 0 Å². The molecule has 84 valence electrons. The number of rotatable bonds is 4. The number of thioether (sulfide) groups is 1. The molecular weight excluding hydrogens is 211 g/mol. The van der Waals surface area contributed by atoms with Crippen molar-refractivity contribution in [3.05, 3.63) is 0 Å². The van der Waals surface area contributed by atoms with Gasteiger partial charge in [-0.05, 0) is 36.9 Å². The molecular formula is C9H16F3NS. The molecule has 0 aromatic carbocycles. The van der Waals surface area contributed by atoms with Crippen LogP contribution in [0.4, 0.5) is 13.2 Å². The van der Waals surface area contributed by atoms with Gasteiger partial charge in [-0.15, -0.1) is 0 Å². The summed E-state index contributed by atoms with van der Waals surface area (Å²) < 4.78 is 35.3. The molecule has 0 aromatic rings. The van der Waals surface area contributed by atoms with Crippen LogP contribution >= 0.6 is 11.8 Å². The van der Waals surface area contributed by atoms with Gasteiger partial charge in [-0.1, -0.05) is 6.92 Å². The highest BCUT2D eigenvalue weighted by molar-refractivity contribution is 8.00. The quantitative estimate of drug-likeness (QED) is 0.741. The number of hydrogen-bond donors (Lipinski definition) is 1. The molecule has 0 aliphatic heterocycles. The summed E-state index contributed by atoms with van der Waals surface area (Å²) in [6.45, 7) is 2.65. The fourth-order valence-corrected chi connectivity index (χ4v) is 2.27. The Balaban J connectivity index is 1.99. The molecule has 5 heteroatoms. The van der Waals surface area contributed by atoms with Crippen molar-refractivity contribution in [2.45, 2.75) is 37.7 Å². The van der Waals surface area contributed by atoms with Gasteiger partial charge in [0.2, 0.25) is 0 Å².